The molecule has 1 fully saturated rings. The van der Waals surface area contributed by atoms with Gasteiger partial charge in [-0.2, -0.15) is 5.10 Å². The number of rotatable bonds is 5. The first kappa shape index (κ1) is 18.4. The van der Waals surface area contributed by atoms with Gasteiger partial charge in [-0.05, 0) is 51.3 Å². The van der Waals surface area contributed by atoms with Crippen LogP contribution in [-0.2, 0) is 9.53 Å². The topological polar surface area (TPSA) is 73.1 Å². The van der Waals surface area contributed by atoms with E-state index < -0.39 is 5.41 Å². The Morgan fingerprint density at radius 3 is 2.50 bits per heavy atom. The fraction of sp³-hybridized carbons (Fsp3) is 0.579. The summed E-state index contributed by atoms with van der Waals surface area (Å²) in [6.07, 6.45) is 0.768. The van der Waals surface area contributed by atoms with Gasteiger partial charge in [-0.1, -0.05) is 13.8 Å². The molecule has 3 rings (SSSR count). The molecule has 0 N–H and O–H groups in total. The molecule has 1 aliphatic heterocycles. The highest BCUT2D eigenvalue weighted by atomic mass is 16.5. The monoisotopic (exact) mass is 357 g/mol. The van der Waals surface area contributed by atoms with Crippen LogP contribution in [-0.4, -0.2) is 45.6 Å². The zero-order valence-electron chi connectivity index (χ0n) is 16.2. The van der Waals surface area contributed by atoms with Crippen LogP contribution >= 0.6 is 0 Å². The maximum atomic E-state index is 12.6. The van der Waals surface area contributed by atoms with Gasteiger partial charge >= 0.3 is 5.97 Å². The molecule has 0 saturated carbocycles. The Hall–Kier alpha value is -2.44. The maximum absolute atomic E-state index is 12.6. The van der Waals surface area contributed by atoms with Gasteiger partial charge in [-0.3, -0.25) is 4.79 Å². The minimum absolute atomic E-state index is 0.107. The molecule has 1 unspecified atom stereocenters. The number of aryl methyl sites for hydroxylation is 2. The molecule has 140 valence electrons. The molecule has 7 nitrogen and oxygen atoms in total. The van der Waals surface area contributed by atoms with Crippen molar-refractivity contribution in [2.24, 2.45) is 11.3 Å². The number of ether oxygens (including phenoxy) is 1. The molecule has 0 aliphatic carbocycles. The van der Waals surface area contributed by atoms with Gasteiger partial charge in [0.05, 0.1) is 17.7 Å². The number of carbonyl (C=O) groups excluding carboxylic acids is 1. The van der Waals surface area contributed by atoms with Crippen molar-refractivity contribution in [1.82, 2.24) is 20.0 Å². The number of anilines is 1. The van der Waals surface area contributed by atoms with Crippen molar-refractivity contribution in [3.63, 3.8) is 0 Å². The average Bonchev–Trinajstić information content (AvgIpc) is 3.20. The van der Waals surface area contributed by atoms with E-state index in [1.807, 2.05) is 39.0 Å². The molecule has 0 radical (unpaired) electrons. The van der Waals surface area contributed by atoms with E-state index in [-0.39, 0.29) is 11.9 Å². The summed E-state index contributed by atoms with van der Waals surface area (Å²) in [5.41, 5.74) is 1.49. The van der Waals surface area contributed by atoms with Gasteiger partial charge in [0, 0.05) is 18.8 Å². The van der Waals surface area contributed by atoms with Crippen LogP contribution in [0.1, 0.15) is 38.6 Å². The molecule has 0 spiro atoms. The first-order chi connectivity index (χ1) is 12.4. The lowest BCUT2D eigenvalue weighted by molar-refractivity contribution is -0.156. The minimum atomic E-state index is -0.480. The number of carbonyl (C=O) groups is 1. The average molecular weight is 357 g/mol. The van der Waals surface area contributed by atoms with Crippen LogP contribution in [0.3, 0.4) is 0 Å². The van der Waals surface area contributed by atoms with E-state index >= 15 is 0 Å². The molecule has 1 atom stereocenters. The number of nitrogens with zero attached hydrogens (tertiary/aromatic N) is 5. The molecule has 3 heterocycles. The third kappa shape index (κ3) is 3.18. The lowest BCUT2D eigenvalue weighted by Crippen LogP contribution is -2.40. The van der Waals surface area contributed by atoms with Crippen LogP contribution in [0, 0.1) is 25.2 Å². The molecule has 26 heavy (non-hydrogen) atoms. The Morgan fingerprint density at radius 1 is 1.27 bits per heavy atom. The largest absolute Gasteiger partial charge is 0.466 e. The number of esters is 1. The molecule has 1 saturated heterocycles. The summed E-state index contributed by atoms with van der Waals surface area (Å²) in [7, 11) is 0. The second-order valence-electron chi connectivity index (χ2n) is 7.29. The molecule has 2 aromatic rings. The van der Waals surface area contributed by atoms with E-state index in [0.29, 0.717) is 19.0 Å². The number of aromatic nitrogens is 4. The Bertz CT molecular complexity index is 784. The second kappa shape index (κ2) is 7.05. The van der Waals surface area contributed by atoms with Gasteiger partial charge in [0.15, 0.2) is 11.6 Å². The summed E-state index contributed by atoms with van der Waals surface area (Å²) >= 11 is 0. The summed E-state index contributed by atoms with van der Waals surface area (Å²) in [5.74, 6) is 1.57. The normalized spacial score (nSPS) is 20.0. The van der Waals surface area contributed by atoms with Gasteiger partial charge in [0.2, 0.25) is 0 Å². The summed E-state index contributed by atoms with van der Waals surface area (Å²) in [6.45, 7) is 11.7. The van der Waals surface area contributed by atoms with Gasteiger partial charge < -0.3 is 9.64 Å². The Balaban J connectivity index is 1.80. The van der Waals surface area contributed by atoms with Crippen molar-refractivity contribution in [2.45, 2.75) is 41.0 Å². The van der Waals surface area contributed by atoms with Crippen molar-refractivity contribution in [3.8, 4) is 5.82 Å². The lowest BCUT2D eigenvalue weighted by atomic mass is 9.76. The van der Waals surface area contributed by atoms with Crippen LogP contribution < -0.4 is 4.90 Å². The van der Waals surface area contributed by atoms with E-state index in [9.17, 15) is 4.79 Å². The summed E-state index contributed by atoms with van der Waals surface area (Å²) in [5, 5.41) is 13.2. The Kier molecular flexibility index (Phi) is 4.98. The summed E-state index contributed by atoms with van der Waals surface area (Å²) in [6, 6.07) is 5.87. The highest BCUT2D eigenvalue weighted by Gasteiger charge is 2.48. The van der Waals surface area contributed by atoms with E-state index in [0.717, 1.165) is 30.2 Å². The van der Waals surface area contributed by atoms with Crippen molar-refractivity contribution in [1.29, 1.82) is 0 Å². The Morgan fingerprint density at radius 2 is 1.96 bits per heavy atom. The highest BCUT2D eigenvalue weighted by molar-refractivity contribution is 5.79. The zero-order chi connectivity index (χ0) is 18.9. The predicted molar refractivity (Wildman–Crippen MR) is 99.4 cm³/mol. The second-order valence-corrected chi connectivity index (χ2v) is 7.29. The maximum Gasteiger partial charge on any atom is 0.314 e. The molecular weight excluding hydrogens is 330 g/mol. The molecule has 7 heteroatoms. The predicted octanol–water partition coefficient (Wildman–Crippen LogP) is 2.69. The molecule has 2 aromatic heterocycles. The SMILES string of the molecule is CCOC(=O)C1(C(C)C)CCN(c2ccc(-n3nc(C)cc3C)nn2)C1. The number of hydrogen-bond donors (Lipinski definition) is 0. The van der Waals surface area contributed by atoms with E-state index in [1.54, 1.807) is 4.68 Å². The number of hydrogen-bond acceptors (Lipinski definition) is 6. The van der Waals surface area contributed by atoms with Crippen molar-refractivity contribution >= 4 is 11.8 Å². The molecule has 1 aliphatic rings. The Labute approximate surface area is 154 Å². The van der Waals surface area contributed by atoms with Crippen molar-refractivity contribution in [2.75, 3.05) is 24.6 Å². The zero-order valence-corrected chi connectivity index (χ0v) is 16.2. The smallest absolute Gasteiger partial charge is 0.314 e. The fourth-order valence-corrected chi connectivity index (χ4v) is 3.64. The first-order valence-electron chi connectivity index (χ1n) is 9.17. The van der Waals surface area contributed by atoms with Gasteiger partial charge in [0.25, 0.3) is 0 Å². The third-order valence-corrected chi connectivity index (χ3v) is 5.27. The molecular formula is C19H27N5O2. The van der Waals surface area contributed by atoms with Crippen LogP contribution in [0.4, 0.5) is 5.82 Å². The van der Waals surface area contributed by atoms with Crippen molar-refractivity contribution in [3.05, 3.63) is 29.6 Å². The summed E-state index contributed by atoms with van der Waals surface area (Å²) < 4.78 is 7.14. The fourth-order valence-electron chi connectivity index (χ4n) is 3.64. The van der Waals surface area contributed by atoms with Gasteiger partial charge in [-0.25, -0.2) is 4.68 Å². The quantitative estimate of drug-likeness (QED) is 0.766. The molecule has 0 bridgehead atoms. The van der Waals surface area contributed by atoms with Gasteiger partial charge in [0.1, 0.15) is 0 Å². The van der Waals surface area contributed by atoms with Crippen LogP contribution in [0.5, 0.6) is 0 Å². The molecule has 0 amide bonds. The standard InChI is InChI=1S/C19H27N5O2/c1-6-26-18(25)19(13(2)3)9-10-23(12-19)16-7-8-17(21-20-16)24-15(5)11-14(4)22-24/h7-8,11,13H,6,9-10,12H2,1-5H3. The van der Waals surface area contributed by atoms with E-state index in [1.165, 1.54) is 0 Å². The van der Waals surface area contributed by atoms with E-state index in [2.05, 4.69) is 34.0 Å². The lowest BCUT2D eigenvalue weighted by Gasteiger charge is -2.30. The third-order valence-electron chi connectivity index (χ3n) is 5.27. The van der Waals surface area contributed by atoms with Crippen LogP contribution in [0.2, 0.25) is 0 Å². The summed E-state index contributed by atoms with van der Waals surface area (Å²) in [4.78, 5) is 14.7. The van der Waals surface area contributed by atoms with Crippen molar-refractivity contribution < 1.29 is 9.53 Å². The molecule has 0 aromatic carbocycles. The highest BCUT2D eigenvalue weighted by Crippen LogP contribution is 2.40. The van der Waals surface area contributed by atoms with Crippen LogP contribution in [0.25, 0.3) is 5.82 Å². The van der Waals surface area contributed by atoms with E-state index in [4.69, 9.17) is 4.74 Å². The minimum Gasteiger partial charge on any atom is -0.466 e. The first-order valence-corrected chi connectivity index (χ1v) is 9.17. The van der Waals surface area contributed by atoms with Crippen LogP contribution in [0.15, 0.2) is 18.2 Å². The van der Waals surface area contributed by atoms with Gasteiger partial charge in [-0.15, -0.1) is 10.2 Å².